The van der Waals surface area contributed by atoms with Crippen molar-refractivity contribution in [3.05, 3.63) is 33.8 Å². The van der Waals surface area contributed by atoms with Crippen LogP contribution in [0.15, 0.2) is 33.9 Å². The normalized spacial score (nSPS) is 20.1. The lowest BCUT2D eigenvalue weighted by atomic mass is 9.92. The Morgan fingerprint density at radius 2 is 2.05 bits per heavy atom. The van der Waals surface area contributed by atoms with Crippen molar-refractivity contribution in [2.45, 2.75) is 52.6 Å². The highest BCUT2D eigenvalue weighted by Gasteiger charge is 2.42. The molecule has 104 valence electrons. The fourth-order valence-electron chi connectivity index (χ4n) is 2.90. The predicted octanol–water partition coefficient (Wildman–Crippen LogP) is 5.20. The minimum Gasteiger partial charge on any atom is -0.266 e. The van der Waals surface area contributed by atoms with Gasteiger partial charge in [0.1, 0.15) is 8.07 Å². The first-order valence-corrected chi connectivity index (χ1v) is 11.1. The summed E-state index contributed by atoms with van der Waals surface area (Å²) >= 11 is 1.85. The van der Waals surface area contributed by atoms with Crippen LogP contribution < -0.4 is 0 Å². The molecule has 0 saturated heterocycles. The summed E-state index contributed by atoms with van der Waals surface area (Å²) in [5.74, 6) is 0.586. The fourth-order valence-corrected chi connectivity index (χ4v) is 7.23. The second kappa shape index (κ2) is 5.02. The summed E-state index contributed by atoms with van der Waals surface area (Å²) < 4.78 is 0. The molecule has 0 fully saturated rings. The van der Waals surface area contributed by atoms with Crippen LogP contribution in [0.5, 0.6) is 0 Å². The molecule has 2 heterocycles. The summed E-state index contributed by atoms with van der Waals surface area (Å²) in [5.41, 5.74) is 3.92. The topological polar surface area (TPSA) is 12.4 Å². The molecule has 0 radical (unpaired) electrons. The van der Waals surface area contributed by atoms with Crippen LogP contribution in [0.2, 0.25) is 13.1 Å². The average molecular weight is 292 g/mol. The van der Waals surface area contributed by atoms with Crippen molar-refractivity contribution < 1.29 is 0 Å². The molecule has 1 nitrogen and oxygen atoms in total. The smallest absolute Gasteiger partial charge is 0.125 e. The Bertz CT molecular complexity index is 509. The highest BCUT2D eigenvalue weighted by molar-refractivity contribution is 7.13. The molecule has 2 rings (SSSR count). The van der Waals surface area contributed by atoms with E-state index in [0.717, 1.165) is 0 Å². The van der Waals surface area contributed by atoms with Crippen molar-refractivity contribution in [1.29, 1.82) is 0 Å². The summed E-state index contributed by atoms with van der Waals surface area (Å²) in [4.78, 5) is 6.52. The zero-order valence-electron chi connectivity index (χ0n) is 12.9. The van der Waals surface area contributed by atoms with Gasteiger partial charge in [0, 0.05) is 21.3 Å². The van der Waals surface area contributed by atoms with Crippen molar-refractivity contribution in [1.82, 2.24) is 0 Å². The van der Waals surface area contributed by atoms with E-state index < -0.39 is 8.07 Å². The third-order valence-electron chi connectivity index (χ3n) is 4.21. The molecule has 0 N–H and O–H groups in total. The van der Waals surface area contributed by atoms with Gasteiger partial charge in [-0.1, -0.05) is 52.6 Å². The highest BCUT2D eigenvalue weighted by atomic mass is 32.1. The van der Waals surface area contributed by atoms with E-state index in [2.05, 4.69) is 64.0 Å². The summed E-state index contributed by atoms with van der Waals surface area (Å²) in [6.45, 7) is 14.1. The molecule has 3 heteroatoms. The molecule has 0 bridgehead atoms. The van der Waals surface area contributed by atoms with Gasteiger partial charge in [-0.2, -0.15) is 0 Å². The number of nitrogens with zero attached hydrogens (tertiary/aromatic N) is 1. The molecule has 0 spiro atoms. The van der Waals surface area contributed by atoms with Crippen molar-refractivity contribution in [3.8, 4) is 0 Å². The number of allylic oxidation sites excluding steroid dienone is 1. The molecule has 1 aliphatic rings. The van der Waals surface area contributed by atoms with Crippen LogP contribution in [0.3, 0.4) is 0 Å². The second-order valence-electron chi connectivity index (χ2n) is 6.66. The maximum atomic E-state index is 5.09. The summed E-state index contributed by atoms with van der Waals surface area (Å²) in [6, 6.07) is 4.40. The molecule has 0 amide bonds. The molecule has 0 saturated carbocycles. The summed E-state index contributed by atoms with van der Waals surface area (Å²) in [7, 11) is -1.51. The van der Waals surface area contributed by atoms with E-state index in [1.54, 1.807) is 0 Å². The first kappa shape index (κ1) is 14.7. The molecule has 1 unspecified atom stereocenters. The Labute approximate surface area is 122 Å². The highest BCUT2D eigenvalue weighted by Crippen LogP contribution is 2.38. The zero-order valence-corrected chi connectivity index (χ0v) is 14.8. The van der Waals surface area contributed by atoms with E-state index in [0.29, 0.717) is 5.92 Å². The van der Waals surface area contributed by atoms with Gasteiger partial charge >= 0.3 is 0 Å². The van der Waals surface area contributed by atoms with Crippen LogP contribution >= 0.6 is 11.3 Å². The maximum absolute atomic E-state index is 5.09. The van der Waals surface area contributed by atoms with Gasteiger partial charge in [-0.3, -0.25) is 4.99 Å². The molecule has 1 atom stereocenters. The van der Waals surface area contributed by atoms with Crippen LogP contribution in [-0.2, 0) is 5.41 Å². The van der Waals surface area contributed by atoms with E-state index in [-0.39, 0.29) is 5.41 Å². The SMILES string of the molecule is CCC(C)C1=C[Si](C)(C)C(C(C)(C)c2cccs2)=N1. The molecule has 1 aromatic rings. The monoisotopic (exact) mass is 291 g/mol. The maximum Gasteiger partial charge on any atom is 0.125 e. The van der Waals surface area contributed by atoms with Crippen LogP contribution in [0.4, 0.5) is 0 Å². The molecule has 19 heavy (non-hydrogen) atoms. The predicted molar refractivity (Wildman–Crippen MR) is 89.8 cm³/mol. The van der Waals surface area contributed by atoms with E-state index in [9.17, 15) is 0 Å². The van der Waals surface area contributed by atoms with Crippen LogP contribution in [0.1, 0.15) is 39.0 Å². The number of rotatable bonds is 4. The molecule has 1 aliphatic heterocycles. The Kier molecular flexibility index (Phi) is 3.89. The van der Waals surface area contributed by atoms with Gasteiger partial charge in [0.25, 0.3) is 0 Å². The number of aliphatic imine (C=N–C) groups is 1. The Hall–Kier alpha value is -0.673. The van der Waals surface area contributed by atoms with Crippen molar-refractivity contribution in [2.24, 2.45) is 10.9 Å². The van der Waals surface area contributed by atoms with Crippen molar-refractivity contribution in [3.63, 3.8) is 0 Å². The van der Waals surface area contributed by atoms with E-state index in [1.165, 1.54) is 22.3 Å². The lowest BCUT2D eigenvalue weighted by Gasteiger charge is -2.31. The van der Waals surface area contributed by atoms with Gasteiger partial charge < -0.3 is 0 Å². The molecule has 0 aliphatic carbocycles. The number of hydrogen-bond donors (Lipinski definition) is 0. The molecule has 1 aromatic heterocycles. The zero-order chi connectivity index (χ0) is 14.3. The fraction of sp³-hybridized carbons (Fsp3) is 0.562. The van der Waals surface area contributed by atoms with Gasteiger partial charge in [0.05, 0.1) is 0 Å². The van der Waals surface area contributed by atoms with E-state index in [1.807, 2.05) is 11.3 Å². The van der Waals surface area contributed by atoms with Gasteiger partial charge in [-0.05, 0) is 23.8 Å². The van der Waals surface area contributed by atoms with Gasteiger partial charge in [0.2, 0.25) is 0 Å². The van der Waals surface area contributed by atoms with Gasteiger partial charge in [-0.15, -0.1) is 11.3 Å². The quantitative estimate of drug-likeness (QED) is 0.676. The third kappa shape index (κ3) is 2.63. The van der Waals surface area contributed by atoms with Crippen LogP contribution in [0.25, 0.3) is 0 Å². The van der Waals surface area contributed by atoms with E-state index in [4.69, 9.17) is 4.99 Å². The minimum absolute atomic E-state index is 0.0790. The lowest BCUT2D eigenvalue weighted by molar-refractivity contribution is 0.648. The molecule has 0 aromatic carbocycles. The number of thiophene rings is 1. The third-order valence-corrected chi connectivity index (χ3v) is 8.37. The second-order valence-corrected chi connectivity index (χ2v) is 11.8. The van der Waals surface area contributed by atoms with Crippen LogP contribution in [-0.4, -0.2) is 13.4 Å². The van der Waals surface area contributed by atoms with Gasteiger partial charge in [0.15, 0.2) is 0 Å². The first-order valence-electron chi connectivity index (χ1n) is 7.15. The van der Waals surface area contributed by atoms with Crippen molar-refractivity contribution in [2.75, 3.05) is 0 Å². The average Bonchev–Trinajstić information content (AvgIpc) is 2.95. The summed E-state index contributed by atoms with van der Waals surface area (Å²) in [5, 5.41) is 3.61. The molecular formula is C16H25NSSi. The minimum atomic E-state index is -1.51. The standard InChI is InChI=1S/C16H25NSSi/c1-7-12(2)13-11-19(5,6)15(17-13)16(3,4)14-9-8-10-18-14/h8-12H,7H2,1-6H3. The van der Waals surface area contributed by atoms with E-state index >= 15 is 0 Å². The summed E-state index contributed by atoms with van der Waals surface area (Å²) in [6.07, 6.45) is 1.17. The number of hydrogen-bond acceptors (Lipinski definition) is 2. The first-order chi connectivity index (χ1) is 8.79. The Balaban J connectivity index is 2.41. The molecular weight excluding hydrogens is 266 g/mol. The largest absolute Gasteiger partial charge is 0.266 e. The van der Waals surface area contributed by atoms with Gasteiger partial charge in [-0.25, -0.2) is 0 Å². The van der Waals surface area contributed by atoms with Crippen molar-refractivity contribution >= 4 is 24.7 Å². The Morgan fingerprint density at radius 3 is 2.58 bits per heavy atom. The van der Waals surface area contributed by atoms with Crippen LogP contribution in [0, 0.1) is 5.92 Å². The lowest BCUT2D eigenvalue weighted by Crippen LogP contribution is -2.45. The Morgan fingerprint density at radius 1 is 1.37 bits per heavy atom.